The van der Waals surface area contributed by atoms with Gasteiger partial charge >= 0.3 is 0 Å². The Hall–Kier alpha value is -2.53. The average Bonchev–Trinajstić information content (AvgIpc) is 2.74. The van der Waals surface area contributed by atoms with E-state index in [9.17, 15) is 0 Å². The Kier molecular flexibility index (Phi) is 5.02. The molecule has 1 aromatic heterocycles. The fourth-order valence-electron chi connectivity index (χ4n) is 4.11. The Morgan fingerprint density at radius 1 is 1.00 bits per heavy atom. The molecule has 0 amide bonds. The van der Waals surface area contributed by atoms with Crippen LogP contribution in [0.3, 0.4) is 0 Å². The molecule has 1 atom stereocenters. The molecule has 0 saturated heterocycles. The van der Waals surface area contributed by atoms with E-state index in [-0.39, 0.29) is 5.54 Å². The van der Waals surface area contributed by atoms with Crippen molar-refractivity contribution < 1.29 is 9.47 Å². The summed E-state index contributed by atoms with van der Waals surface area (Å²) in [5.74, 6) is 1.52. The smallest absolute Gasteiger partial charge is 0.213 e. The lowest BCUT2D eigenvalue weighted by Crippen LogP contribution is -2.49. The third-order valence-corrected chi connectivity index (χ3v) is 6.16. The van der Waals surface area contributed by atoms with Crippen LogP contribution in [0.15, 0.2) is 65.3 Å². The third-order valence-electron chi connectivity index (χ3n) is 5.63. The second-order valence-corrected chi connectivity index (χ2v) is 7.98. The van der Waals surface area contributed by atoms with Crippen LogP contribution in [0.4, 0.5) is 5.69 Å². The monoisotopic (exact) mass is 438 g/mol. The highest BCUT2D eigenvalue weighted by atomic mass is 79.9. The van der Waals surface area contributed by atoms with Crippen molar-refractivity contribution in [3.05, 3.63) is 82.0 Å². The van der Waals surface area contributed by atoms with Gasteiger partial charge in [-0.15, -0.1) is 0 Å². The van der Waals surface area contributed by atoms with Gasteiger partial charge in [0.05, 0.1) is 31.6 Å². The average molecular weight is 439 g/mol. The number of rotatable bonds is 4. The maximum atomic E-state index is 5.46. The summed E-state index contributed by atoms with van der Waals surface area (Å²) < 4.78 is 11.8. The molecule has 0 bridgehead atoms. The second kappa shape index (κ2) is 7.47. The molecule has 1 aliphatic heterocycles. The summed E-state index contributed by atoms with van der Waals surface area (Å²) >= 11 is 3.56. The van der Waals surface area contributed by atoms with E-state index in [0.29, 0.717) is 5.88 Å². The molecular formula is C23H23BrN2O2. The summed E-state index contributed by atoms with van der Waals surface area (Å²) in [6.45, 7) is 3.17. The number of pyridine rings is 1. The van der Waals surface area contributed by atoms with Crippen LogP contribution in [-0.4, -0.2) is 25.7 Å². The number of aromatic nitrogens is 1. The van der Waals surface area contributed by atoms with Gasteiger partial charge in [0.2, 0.25) is 5.88 Å². The SMILES string of the molecule is COc1ccc2c(c1)CCN(c1ccc(OC)nc1)C2(C)c1ccc(Br)cc1. The summed E-state index contributed by atoms with van der Waals surface area (Å²) in [6, 6.07) is 19.0. The Balaban J connectivity index is 1.88. The summed E-state index contributed by atoms with van der Waals surface area (Å²) in [5, 5.41) is 0. The Morgan fingerprint density at radius 2 is 1.79 bits per heavy atom. The normalized spacial score (nSPS) is 18.5. The van der Waals surface area contributed by atoms with Gasteiger partial charge in [-0.25, -0.2) is 4.98 Å². The largest absolute Gasteiger partial charge is 0.497 e. The van der Waals surface area contributed by atoms with Gasteiger partial charge in [-0.05, 0) is 60.4 Å². The molecular weight excluding hydrogens is 416 g/mol. The van der Waals surface area contributed by atoms with Crippen molar-refractivity contribution in [2.45, 2.75) is 18.9 Å². The van der Waals surface area contributed by atoms with Crippen molar-refractivity contribution in [3.8, 4) is 11.6 Å². The van der Waals surface area contributed by atoms with E-state index in [4.69, 9.17) is 9.47 Å². The van der Waals surface area contributed by atoms with Gasteiger partial charge in [0.25, 0.3) is 0 Å². The Labute approximate surface area is 174 Å². The minimum atomic E-state index is -0.323. The summed E-state index contributed by atoms with van der Waals surface area (Å²) in [4.78, 5) is 6.87. The molecule has 4 nitrogen and oxygen atoms in total. The highest BCUT2D eigenvalue weighted by Gasteiger charge is 2.40. The lowest BCUT2D eigenvalue weighted by atomic mass is 9.76. The number of benzene rings is 2. The molecule has 2 heterocycles. The second-order valence-electron chi connectivity index (χ2n) is 7.06. The standard InChI is InChI=1S/C23H23BrN2O2/c1-23(17-4-6-18(24)7-5-17)21-10-9-20(27-2)14-16(21)12-13-26(23)19-8-11-22(28-3)25-15-19/h4-11,14-15H,12-13H2,1-3H3. The van der Waals surface area contributed by atoms with E-state index in [1.54, 1.807) is 14.2 Å². The molecule has 0 aliphatic carbocycles. The number of hydrogen-bond donors (Lipinski definition) is 0. The molecule has 4 rings (SSSR count). The number of anilines is 1. The van der Waals surface area contributed by atoms with Gasteiger partial charge in [-0.1, -0.05) is 34.1 Å². The Bertz CT molecular complexity index is 973. The van der Waals surface area contributed by atoms with Crippen molar-refractivity contribution in [2.24, 2.45) is 0 Å². The zero-order valence-electron chi connectivity index (χ0n) is 16.3. The molecule has 5 heteroatoms. The zero-order valence-corrected chi connectivity index (χ0v) is 17.9. The van der Waals surface area contributed by atoms with Crippen molar-refractivity contribution in [3.63, 3.8) is 0 Å². The number of ether oxygens (including phenoxy) is 2. The lowest BCUT2D eigenvalue weighted by Gasteiger charge is -2.48. The minimum Gasteiger partial charge on any atom is -0.497 e. The van der Waals surface area contributed by atoms with Gasteiger partial charge in [0.1, 0.15) is 5.75 Å². The fraction of sp³-hybridized carbons (Fsp3) is 0.261. The topological polar surface area (TPSA) is 34.6 Å². The number of nitrogens with zero attached hydrogens (tertiary/aromatic N) is 2. The van der Waals surface area contributed by atoms with Gasteiger partial charge in [-0.3, -0.25) is 0 Å². The summed E-state index contributed by atoms with van der Waals surface area (Å²) in [6.07, 6.45) is 2.84. The van der Waals surface area contributed by atoms with Crippen LogP contribution in [0.2, 0.25) is 0 Å². The lowest BCUT2D eigenvalue weighted by molar-refractivity contribution is 0.397. The highest BCUT2D eigenvalue weighted by Crippen LogP contribution is 2.44. The number of hydrogen-bond acceptors (Lipinski definition) is 4. The van der Waals surface area contributed by atoms with E-state index in [1.807, 2.05) is 18.3 Å². The fourth-order valence-corrected chi connectivity index (χ4v) is 4.37. The number of methoxy groups -OCH3 is 2. The van der Waals surface area contributed by atoms with Crippen LogP contribution >= 0.6 is 15.9 Å². The maximum absolute atomic E-state index is 5.46. The first-order chi connectivity index (χ1) is 13.6. The summed E-state index contributed by atoms with van der Waals surface area (Å²) in [5.41, 5.74) is 4.60. The predicted molar refractivity (Wildman–Crippen MR) is 115 cm³/mol. The van der Waals surface area contributed by atoms with E-state index in [0.717, 1.165) is 28.9 Å². The predicted octanol–water partition coefficient (Wildman–Crippen LogP) is 5.19. The molecule has 28 heavy (non-hydrogen) atoms. The third kappa shape index (κ3) is 3.14. The van der Waals surface area contributed by atoms with Gasteiger partial charge in [-0.2, -0.15) is 0 Å². The van der Waals surface area contributed by atoms with Crippen LogP contribution < -0.4 is 14.4 Å². The van der Waals surface area contributed by atoms with E-state index in [1.165, 1.54) is 16.7 Å². The van der Waals surface area contributed by atoms with E-state index in [2.05, 4.69) is 75.2 Å². The quantitative estimate of drug-likeness (QED) is 0.561. The molecule has 0 saturated carbocycles. The van der Waals surface area contributed by atoms with Crippen LogP contribution in [0.1, 0.15) is 23.6 Å². The number of halogens is 1. The Morgan fingerprint density at radius 3 is 2.43 bits per heavy atom. The molecule has 0 spiro atoms. The number of fused-ring (bicyclic) bond motifs is 1. The molecule has 1 unspecified atom stereocenters. The minimum absolute atomic E-state index is 0.323. The molecule has 3 aromatic rings. The van der Waals surface area contributed by atoms with Crippen molar-refractivity contribution in [2.75, 3.05) is 25.7 Å². The van der Waals surface area contributed by atoms with Crippen LogP contribution in [0, 0.1) is 0 Å². The van der Waals surface area contributed by atoms with E-state index >= 15 is 0 Å². The molecule has 1 aliphatic rings. The van der Waals surface area contributed by atoms with Crippen LogP contribution in [-0.2, 0) is 12.0 Å². The molecule has 0 radical (unpaired) electrons. The van der Waals surface area contributed by atoms with Crippen LogP contribution in [0.5, 0.6) is 11.6 Å². The van der Waals surface area contributed by atoms with E-state index < -0.39 is 0 Å². The van der Waals surface area contributed by atoms with Crippen LogP contribution in [0.25, 0.3) is 0 Å². The molecule has 0 fully saturated rings. The molecule has 144 valence electrons. The highest BCUT2D eigenvalue weighted by molar-refractivity contribution is 9.10. The molecule has 2 aromatic carbocycles. The zero-order chi connectivity index (χ0) is 19.7. The molecule has 0 N–H and O–H groups in total. The first-order valence-electron chi connectivity index (χ1n) is 9.27. The van der Waals surface area contributed by atoms with Gasteiger partial charge < -0.3 is 14.4 Å². The maximum Gasteiger partial charge on any atom is 0.213 e. The first kappa shape index (κ1) is 18.8. The first-order valence-corrected chi connectivity index (χ1v) is 10.1. The van der Waals surface area contributed by atoms with Gasteiger partial charge in [0, 0.05) is 17.1 Å². The van der Waals surface area contributed by atoms with Gasteiger partial charge in [0.15, 0.2) is 0 Å². The van der Waals surface area contributed by atoms with Crippen molar-refractivity contribution in [1.29, 1.82) is 0 Å². The van der Waals surface area contributed by atoms with Crippen molar-refractivity contribution in [1.82, 2.24) is 4.98 Å². The summed E-state index contributed by atoms with van der Waals surface area (Å²) in [7, 11) is 3.35. The van der Waals surface area contributed by atoms with Crippen molar-refractivity contribution >= 4 is 21.6 Å².